The van der Waals surface area contributed by atoms with Crippen LogP contribution in [0.25, 0.3) is 0 Å². The van der Waals surface area contributed by atoms with Crippen LogP contribution < -0.4 is 5.32 Å². The lowest BCUT2D eigenvalue weighted by molar-refractivity contribution is -0.122. The minimum atomic E-state index is 0.0227. The smallest absolute Gasteiger partial charge is 0.222 e. The molecule has 0 spiro atoms. The maximum atomic E-state index is 11.4. The van der Waals surface area contributed by atoms with Crippen LogP contribution in [0.15, 0.2) is 0 Å². The zero-order valence-electron chi connectivity index (χ0n) is 19.4. The van der Waals surface area contributed by atoms with E-state index in [9.17, 15) is 4.79 Å². The molecule has 0 fully saturated rings. The Hall–Kier alpha value is -0.850. The van der Waals surface area contributed by atoms with Crippen LogP contribution >= 0.6 is 0 Å². The molecule has 0 rings (SSSR count). The van der Waals surface area contributed by atoms with Crippen LogP contribution in [0.5, 0.6) is 0 Å². The molecule has 0 aliphatic carbocycles. The Labute approximate surface area is 187 Å². The molecule has 0 aliphatic rings. The lowest BCUT2D eigenvalue weighted by Crippen LogP contribution is -2.25. The van der Waals surface area contributed by atoms with Crippen LogP contribution in [0.2, 0.25) is 0 Å². The Kier molecular flexibility index (Phi) is 26.4. The van der Waals surface area contributed by atoms with Crippen molar-refractivity contribution >= 4 is 5.91 Å². The van der Waals surface area contributed by atoms with Gasteiger partial charge in [0.25, 0.3) is 0 Å². The summed E-state index contributed by atoms with van der Waals surface area (Å²) in [6.45, 7) is 10.5. The van der Waals surface area contributed by atoms with Crippen molar-refractivity contribution in [1.82, 2.24) is 5.32 Å². The normalized spacial score (nSPS) is 11.2. The number of carbonyl (C=O) groups excluding carboxylic acids is 1. The molecular weight excluding hydrogens is 410 g/mol. The number of hydrogen-bond donors (Lipinski definition) is 1. The average molecular weight is 454 g/mol. The molecule has 0 saturated heterocycles. The Morgan fingerprint density at radius 2 is 0.871 bits per heavy atom. The molecule has 10 nitrogen and oxygen atoms in total. The number of ether oxygens (including phenoxy) is 8. The Bertz CT molecular complexity index is 362. The van der Waals surface area contributed by atoms with E-state index in [-0.39, 0.29) is 5.91 Å². The van der Waals surface area contributed by atoms with Gasteiger partial charge in [-0.25, -0.2) is 0 Å². The van der Waals surface area contributed by atoms with Crippen LogP contribution in [0.3, 0.4) is 0 Å². The highest BCUT2D eigenvalue weighted by atomic mass is 16.6. The average Bonchev–Trinajstić information content (AvgIpc) is 2.78. The molecule has 10 heteroatoms. The fourth-order valence-corrected chi connectivity index (χ4v) is 2.08. The molecule has 1 amide bonds. The number of amides is 1. The lowest BCUT2D eigenvalue weighted by Gasteiger charge is -2.08. The third-order valence-corrected chi connectivity index (χ3v) is 3.71. The molecule has 0 radical (unpaired) electrons. The first-order chi connectivity index (χ1) is 15.3. The van der Waals surface area contributed by atoms with Crippen molar-refractivity contribution in [3.05, 3.63) is 0 Å². The summed E-state index contributed by atoms with van der Waals surface area (Å²) in [5, 5.41) is 2.80. The summed E-state index contributed by atoms with van der Waals surface area (Å²) in [6, 6.07) is 0. The van der Waals surface area contributed by atoms with E-state index in [0.29, 0.717) is 112 Å². The van der Waals surface area contributed by atoms with E-state index in [1.807, 2.05) is 6.92 Å². The number of rotatable bonds is 26. The van der Waals surface area contributed by atoms with E-state index in [4.69, 9.17) is 37.9 Å². The van der Waals surface area contributed by atoms with Gasteiger partial charge in [0, 0.05) is 20.1 Å². The van der Waals surface area contributed by atoms with Gasteiger partial charge in [-0.05, 0) is 6.42 Å². The van der Waals surface area contributed by atoms with E-state index >= 15 is 0 Å². The van der Waals surface area contributed by atoms with Crippen molar-refractivity contribution in [1.29, 1.82) is 0 Å². The predicted octanol–water partition coefficient (Wildman–Crippen LogP) is 0.665. The number of nitrogens with one attached hydrogen (secondary N) is 1. The molecule has 0 aromatic rings. The highest BCUT2D eigenvalue weighted by Gasteiger charge is 1.99. The SMILES string of the molecule is CCCNC(=O)CCOCCOCCOCCOCCOCCOCCOCCOC. The van der Waals surface area contributed by atoms with E-state index in [0.717, 1.165) is 6.42 Å². The fourth-order valence-electron chi connectivity index (χ4n) is 2.08. The first kappa shape index (κ1) is 30.1. The van der Waals surface area contributed by atoms with Gasteiger partial charge in [0.2, 0.25) is 5.91 Å². The second-order valence-corrected chi connectivity index (χ2v) is 6.38. The maximum Gasteiger partial charge on any atom is 0.222 e. The minimum absolute atomic E-state index is 0.0227. The highest BCUT2D eigenvalue weighted by molar-refractivity contribution is 5.75. The molecule has 0 aliphatic heterocycles. The zero-order chi connectivity index (χ0) is 22.7. The molecular formula is C21H43NO9. The van der Waals surface area contributed by atoms with Gasteiger partial charge >= 0.3 is 0 Å². The summed E-state index contributed by atoms with van der Waals surface area (Å²) in [5.41, 5.74) is 0. The van der Waals surface area contributed by atoms with Crippen molar-refractivity contribution in [2.24, 2.45) is 0 Å². The Morgan fingerprint density at radius 3 is 1.19 bits per heavy atom. The summed E-state index contributed by atoms with van der Waals surface area (Å²) in [4.78, 5) is 11.4. The summed E-state index contributed by atoms with van der Waals surface area (Å²) in [6.07, 6.45) is 1.32. The standard InChI is InChI=1S/C21H43NO9/c1-3-5-22-21(23)4-6-25-9-10-27-13-14-29-17-18-31-20-19-30-16-15-28-12-11-26-8-7-24-2/h3-20H2,1-2H3,(H,22,23). The van der Waals surface area contributed by atoms with Crippen molar-refractivity contribution < 1.29 is 42.7 Å². The molecule has 0 atom stereocenters. The van der Waals surface area contributed by atoms with Crippen LogP contribution in [0, 0.1) is 0 Å². The predicted molar refractivity (Wildman–Crippen MR) is 116 cm³/mol. The molecule has 0 bridgehead atoms. The quantitative estimate of drug-likeness (QED) is 0.189. The van der Waals surface area contributed by atoms with Gasteiger partial charge < -0.3 is 43.2 Å². The van der Waals surface area contributed by atoms with Crippen LogP contribution in [0.1, 0.15) is 19.8 Å². The molecule has 1 N–H and O–H groups in total. The number of hydrogen-bond acceptors (Lipinski definition) is 9. The number of methoxy groups -OCH3 is 1. The molecule has 0 heterocycles. The van der Waals surface area contributed by atoms with Crippen LogP contribution in [0.4, 0.5) is 0 Å². The van der Waals surface area contributed by atoms with Crippen molar-refractivity contribution in [2.45, 2.75) is 19.8 Å². The highest BCUT2D eigenvalue weighted by Crippen LogP contribution is 1.87. The molecule has 0 saturated carbocycles. The van der Waals surface area contributed by atoms with E-state index in [1.165, 1.54) is 0 Å². The minimum Gasteiger partial charge on any atom is -0.382 e. The molecule has 186 valence electrons. The van der Waals surface area contributed by atoms with Gasteiger partial charge in [-0.3, -0.25) is 4.79 Å². The topological polar surface area (TPSA) is 103 Å². The second kappa shape index (κ2) is 27.2. The monoisotopic (exact) mass is 453 g/mol. The van der Waals surface area contributed by atoms with E-state index < -0.39 is 0 Å². The molecule has 0 aromatic carbocycles. The summed E-state index contributed by atoms with van der Waals surface area (Å²) in [7, 11) is 1.64. The molecule has 0 aromatic heterocycles. The van der Waals surface area contributed by atoms with Gasteiger partial charge in [0.1, 0.15) is 0 Å². The Balaban J connectivity index is 3.04. The van der Waals surface area contributed by atoms with Gasteiger partial charge in [-0.2, -0.15) is 0 Å². The van der Waals surface area contributed by atoms with Crippen molar-refractivity contribution in [2.75, 3.05) is 113 Å². The van der Waals surface area contributed by atoms with Gasteiger partial charge in [-0.1, -0.05) is 6.92 Å². The largest absolute Gasteiger partial charge is 0.382 e. The summed E-state index contributed by atoms with van der Waals surface area (Å²) < 4.78 is 42.5. The summed E-state index contributed by atoms with van der Waals surface area (Å²) in [5.74, 6) is 0.0227. The van der Waals surface area contributed by atoms with Gasteiger partial charge in [-0.15, -0.1) is 0 Å². The third kappa shape index (κ3) is 27.1. The van der Waals surface area contributed by atoms with E-state index in [1.54, 1.807) is 7.11 Å². The molecule has 0 unspecified atom stereocenters. The maximum absolute atomic E-state index is 11.4. The lowest BCUT2D eigenvalue weighted by atomic mass is 10.4. The molecule has 31 heavy (non-hydrogen) atoms. The zero-order valence-corrected chi connectivity index (χ0v) is 19.4. The third-order valence-electron chi connectivity index (χ3n) is 3.71. The van der Waals surface area contributed by atoms with Gasteiger partial charge in [0.05, 0.1) is 99.1 Å². The van der Waals surface area contributed by atoms with Crippen LogP contribution in [-0.2, 0) is 42.7 Å². The number of carbonyl (C=O) groups is 1. The summed E-state index contributed by atoms with van der Waals surface area (Å²) >= 11 is 0. The Morgan fingerprint density at radius 1 is 0.548 bits per heavy atom. The van der Waals surface area contributed by atoms with Gasteiger partial charge in [0.15, 0.2) is 0 Å². The second-order valence-electron chi connectivity index (χ2n) is 6.38. The van der Waals surface area contributed by atoms with E-state index in [2.05, 4.69) is 5.32 Å². The first-order valence-corrected chi connectivity index (χ1v) is 11.1. The van der Waals surface area contributed by atoms with Crippen LogP contribution in [-0.4, -0.2) is 119 Å². The first-order valence-electron chi connectivity index (χ1n) is 11.1. The van der Waals surface area contributed by atoms with Crippen molar-refractivity contribution in [3.8, 4) is 0 Å². The fraction of sp³-hybridized carbons (Fsp3) is 0.952. The van der Waals surface area contributed by atoms with Crippen molar-refractivity contribution in [3.63, 3.8) is 0 Å².